The zero-order chi connectivity index (χ0) is 22.0. The van der Waals surface area contributed by atoms with E-state index in [9.17, 15) is 18.0 Å². The average molecular weight is 425 g/mol. The maximum absolute atomic E-state index is 11.6. The van der Waals surface area contributed by atoms with E-state index in [0.29, 0.717) is 12.5 Å². The fraction of sp³-hybridized carbons (Fsp3) is 0.900. The Balaban J connectivity index is 0. The molecule has 0 rings (SSSR count). The Hall–Kier alpha value is -1.15. The highest BCUT2D eigenvalue weighted by atomic mass is 32.2. The van der Waals surface area contributed by atoms with Crippen LogP contribution in [0.25, 0.3) is 0 Å². The molecule has 0 bridgehead atoms. The number of carboxylic acid groups (broad SMARTS) is 2. The van der Waals surface area contributed by atoms with Gasteiger partial charge in [-0.3, -0.25) is 13.8 Å². The Morgan fingerprint density at radius 1 is 0.750 bits per heavy atom. The highest BCUT2D eigenvalue weighted by Crippen LogP contribution is 2.11. The summed E-state index contributed by atoms with van der Waals surface area (Å²) in [5.74, 6) is -0.545. The van der Waals surface area contributed by atoms with E-state index in [1.807, 2.05) is 0 Å². The lowest BCUT2D eigenvalue weighted by Crippen LogP contribution is -2.11. The molecule has 7 nitrogen and oxygen atoms in total. The van der Waals surface area contributed by atoms with Crippen LogP contribution in [0, 0.1) is 11.8 Å². The second kappa shape index (κ2) is 17.9. The van der Waals surface area contributed by atoms with Crippen molar-refractivity contribution in [2.75, 3.05) is 12.4 Å². The molecular formula is C20H40O7S. The summed E-state index contributed by atoms with van der Waals surface area (Å²) in [7, 11) is -3.29. The van der Waals surface area contributed by atoms with Gasteiger partial charge in [0.25, 0.3) is 10.1 Å². The normalized spacial score (nSPS) is 11.4. The van der Waals surface area contributed by atoms with E-state index in [1.54, 1.807) is 0 Å². The highest BCUT2D eigenvalue weighted by Gasteiger charge is 2.10. The molecule has 2 N–H and O–H groups in total. The standard InChI is InChI=1S/C16H34O3S.C4H6O4/c1-15(2)11-7-5-9-13-19-20(17,18)14-10-6-8-12-16(3)4;5-3(6)1-2-4(7)8/h15-16H,5-14H2,1-4H3;1-2H2,(H,5,6)(H,7,8). The van der Waals surface area contributed by atoms with Gasteiger partial charge in [-0.15, -0.1) is 0 Å². The van der Waals surface area contributed by atoms with Crippen LogP contribution in [0.2, 0.25) is 0 Å². The van der Waals surface area contributed by atoms with Crippen LogP contribution in [0.1, 0.15) is 91.9 Å². The summed E-state index contributed by atoms with van der Waals surface area (Å²) in [5.41, 5.74) is 0. The van der Waals surface area contributed by atoms with Gasteiger partial charge >= 0.3 is 11.9 Å². The molecule has 0 aliphatic carbocycles. The lowest BCUT2D eigenvalue weighted by Gasteiger charge is -2.07. The monoisotopic (exact) mass is 424 g/mol. The second-order valence-corrected chi connectivity index (χ2v) is 9.62. The minimum atomic E-state index is -3.29. The number of carboxylic acids is 2. The van der Waals surface area contributed by atoms with Gasteiger partial charge in [-0.1, -0.05) is 66.2 Å². The summed E-state index contributed by atoms with van der Waals surface area (Å²) in [4.78, 5) is 19.3. The van der Waals surface area contributed by atoms with Crippen LogP contribution < -0.4 is 0 Å². The molecule has 28 heavy (non-hydrogen) atoms. The predicted molar refractivity (Wildman–Crippen MR) is 111 cm³/mol. The molecule has 0 amide bonds. The smallest absolute Gasteiger partial charge is 0.303 e. The van der Waals surface area contributed by atoms with Crippen molar-refractivity contribution in [3.63, 3.8) is 0 Å². The first kappa shape index (κ1) is 29.1. The number of unbranched alkanes of at least 4 members (excludes halogenated alkanes) is 4. The van der Waals surface area contributed by atoms with Gasteiger partial charge in [0.05, 0.1) is 25.2 Å². The first-order valence-electron chi connectivity index (χ1n) is 10.3. The number of hydrogen-bond acceptors (Lipinski definition) is 5. The van der Waals surface area contributed by atoms with E-state index in [2.05, 4.69) is 27.7 Å². The molecule has 168 valence electrons. The lowest BCUT2D eigenvalue weighted by atomic mass is 10.1. The molecule has 0 unspecified atom stereocenters. The lowest BCUT2D eigenvalue weighted by molar-refractivity contribution is -0.143. The molecule has 0 radical (unpaired) electrons. The highest BCUT2D eigenvalue weighted by molar-refractivity contribution is 7.86. The van der Waals surface area contributed by atoms with Gasteiger partial charge in [-0.05, 0) is 24.7 Å². The molecule has 8 heteroatoms. The maximum atomic E-state index is 11.6. The predicted octanol–water partition coefficient (Wildman–Crippen LogP) is 4.70. The fourth-order valence-electron chi connectivity index (χ4n) is 2.30. The number of carbonyl (C=O) groups is 2. The Kier molecular flexibility index (Phi) is 18.6. The molecule has 0 aliphatic rings. The van der Waals surface area contributed by atoms with Crippen molar-refractivity contribution in [2.24, 2.45) is 11.8 Å². The Morgan fingerprint density at radius 3 is 1.57 bits per heavy atom. The van der Waals surface area contributed by atoms with E-state index < -0.39 is 22.1 Å². The van der Waals surface area contributed by atoms with Gasteiger partial charge in [0.1, 0.15) is 0 Å². The van der Waals surface area contributed by atoms with Crippen LogP contribution >= 0.6 is 0 Å². The van der Waals surface area contributed by atoms with Crippen LogP contribution in [-0.2, 0) is 23.9 Å². The summed E-state index contributed by atoms with van der Waals surface area (Å²) < 4.78 is 28.3. The topological polar surface area (TPSA) is 118 Å². The molecule has 0 atom stereocenters. The molecule has 0 saturated heterocycles. The van der Waals surface area contributed by atoms with Gasteiger partial charge in [0.15, 0.2) is 0 Å². The third-order valence-corrected chi connectivity index (χ3v) is 5.23. The van der Waals surface area contributed by atoms with Crippen molar-refractivity contribution >= 4 is 22.1 Å². The summed E-state index contributed by atoms with van der Waals surface area (Å²) in [6, 6.07) is 0. The van der Waals surface area contributed by atoms with E-state index >= 15 is 0 Å². The zero-order valence-corrected chi connectivity index (χ0v) is 18.8. The molecule has 0 aromatic rings. The quantitative estimate of drug-likeness (QED) is 0.272. The molecule has 0 fully saturated rings. The van der Waals surface area contributed by atoms with Crippen molar-refractivity contribution in [3.05, 3.63) is 0 Å². The Labute approximate surface area is 171 Å². The largest absolute Gasteiger partial charge is 0.481 e. The van der Waals surface area contributed by atoms with Gasteiger partial charge < -0.3 is 10.2 Å². The van der Waals surface area contributed by atoms with E-state index in [4.69, 9.17) is 14.4 Å². The summed E-state index contributed by atoms with van der Waals surface area (Å²) in [6.45, 7) is 9.16. The van der Waals surface area contributed by atoms with Crippen LogP contribution in [-0.4, -0.2) is 42.9 Å². The third-order valence-electron chi connectivity index (χ3n) is 3.92. The van der Waals surface area contributed by atoms with E-state index in [-0.39, 0.29) is 18.6 Å². The molecule has 0 spiro atoms. The van der Waals surface area contributed by atoms with Crippen LogP contribution in [0.3, 0.4) is 0 Å². The van der Waals surface area contributed by atoms with Crippen molar-refractivity contribution in [1.29, 1.82) is 0 Å². The van der Waals surface area contributed by atoms with Gasteiger partial charge in [0, 0.05) is 0 Å². The van der Waals surface area contributed by atoms with Crippen molar-refractivity contribution in [1.82, 2.24) is 0 Å². The molecule has 0 aromatic carbocycles. The van der Waals surface area contributed by atoms with E-state index in [0.717, 1.165) is 44.4 Å². The van der Waals surface area contributed by atoms with E-state index in [1.165, 1.54) is 12.8 Å². The van der Waals surface area contributed by atoms with Crippen molar-refractivity contribution in [3.8, 4) is 0 Å². The summed E-state index contributed by atoms with van der Waals surface area (Å²) in [6.07, 6.45) is 7.68. The minimum absolute atomic E-state index is 0.178. The average Bonchev–Trinajstić information content (AvgIpc) is 2.55. The maximum Gasteiger partial charge on any atom is 0.303 e. The number of rotatable bonds is 16. The molecule has 0 heterocycles. The molecule has 0 aromatic heterocycles. The third kappa shape index (κ3) is 27.1. The summed E-state index contributed by atoms with van der Waals surface area (Å²) >= 11 is 0. The molecular weight excluding hydrogens is 384 g/mol. The van der Waals surface area contributed by atoms with Gasteiger partial charge in [-0.2, -0.15) is 8.42 Å². The fourth-order valence-corrected chi connectivity index (χ4v) is 3.35. The number of aliphatic carboxylic acids is 2. The summed E-state index contributed by atoms with van der Waals surface area (Å²) in [5, 5.41) is 15.8. The first-order chi connectivity index (χ1) is 13.0. The van der Waals surface area contributed by atoms with Gasteiger partial charge in [0.2, 0.25) is 0 Å². The van der Waals surface area contributed by atoms with Crippen molar-refractivity contribution < 1.29 is 32.4 Å². The minimum Gasteiger partial charge on any atom is -0.481 e. The first-order valence-corrected chi connectivity index (χ1v) is 11.8. The number of hydrogen-bond donors (Lipinski definition) is 2. The van der Waals surface area contributed by atoms with Gasteiger partial charge in [-0.25, -0.2) is 0 Å². The van der Waals surface area contributed by atoms with Crippen LogP contribution in [0.4, 0.5) is 0 Å². The second-order valence-electron chi connectivity index (χ2n) is 7.86. The zero-order valence-electron chi connectivity index (χ0n) is 18.0. The Bertz CT molecular complexity index is 485. The van der Waals surface area contributed by atoms with Crippen LogP contribution in [0.5, 0.6) is 0 Å². The molecule has 0 saturated carbocycles. The Morgan fingerprint density at radius 2 is 1.18 bits per heavy atom. The van der Waals surface area contributed by atoms with Crippen LogP contribution in [0.15, 0.2) is 0 Å². The van der Waals surface area contributed by atoms with Crippen molar-refractivity contribution in [2.45, 2.75) is 91.9 Å². The SMILES string of the molecule is CC(C)CCCCCOS(=O)(=O)CCCCCC(C)C.O=C(O)CCC(=O)O. The molecule has 0 aliphatic heterocycles.